The fraction of sp³-hybridized carbons (Fsp3) is 0.818. The van der Waals surface area contributed by atoms with Crippen molar-refractivity contribution in [2.45, 2.75) is 162 Å². The summed E-state index contributed by atoms with van der Waals surface area (Å²) < 4.78 is 3.51. The molecule has 0 aliphatic heterocycles. The first-order chi connectivity index (χ1) is 22.5. The third-order valence-corrected chi connectivity index (χ3v) is 10.9. The molecule has 0 atom stereocenters. The van der Waals surface area contributed by atoms with Gasteiger partial charge in [-0.1, -0.05) is 154 Å². The molecule has 0 aromatic heterocycles. The van der Waals surface area contributed by atoms with E-state index in [0.29, 0.717) is 0 Å². The summed E-state index contributed by atoms with van der Waals surface area (Å²) in [6.07, 6.45) is 33.1. The van der Waals surface area contributed by atoms with Crippen LogP contribution in [0, 0.1) is 0 Å². The Bertz CT molecular complexity index is 813. The first kappa shape index (κ1) is 43.9. The van der Waals surface area contributed by atoms with Crippen molar-refractivity contribution in [2.75, 3.05) is 74.5 Å². The van der Waals surface area contributed by atoms with E-state index in [1.54, 1.807) is 0 Å². The van der Waals surface area contributed by atoms with Crippen LogP contribution in [0.3, 0.4) is 0 Å². The maximum atomic E-state index is 3.96. The number of nitrogens with zero attached hydrogens (tertiary/aromatic N) is 3. The van der Waals surface area contributed by atoms with Crippen LogP contribution in [0.25, 0.3) is 6.08 Å². The molecule has 1 aromatic carbocycles. The van der Waals surface area contributed by atoms with Crippen LogP contribution in [0.1, 0.15) is 166 Å². The molecule has 0 heterocycles. The second-order valence-electron chi connectivity index (χ2n) is 17.0. The van der Waals surface area contributed by atoms with Gasteiger partial charge in [0.1, 0.15) is 6.54 Å². The summed E-state index contributed by atoms with van der Waals surface area (Å²) in [5.41, 5.74) is 2.69. The summed E-state index contributed by atoms with van der Waals surface area (Å²) in [5, 5.41) is 0. The minimum atomic E-state index is 1.13. The van der Waals surface area contributed by atoms with Gasteiger partial charge < -0.3 is 13.4 Å². The van der Waals surface area contributed by atoms with E-state index in [4.69, 9.17) is 0 Å². The lowest BCUT2D eigenvalue weighted by molar-refractivity contribution is -0.937. The van der Waals surface area contributed by atoms with Gasteiger partial charge in [0.2, 0.25) is 0 Å². The van der Waals surface area contributed by atoms with Gasteiger partial charge in [0.05, 0.1) is 74.5 Å². The van der Waals surface area contributed by atoms with E-state index in [2.05, 4.69) is 79.9 Å². The van der Waals surface area contributed by atoms with Crippen LogP contribution < -0.4 is 0 Å². The van der Waals surface area contributed by atoms with Gasteiger partial charge in [0.15, 0.2) is 0 Å². The Morgan fingerprint density at radius 2 is 0.745 bits per heavy atom. The van der Waals surface area contributed by atoms with E-state index in [1.165, 1.54) is 201 Å². The lowest BCUT2D eigenvalue weighted by Gasteiger charge is -2.38. The second-order valence-corrected chi connectivity index (χ2v) is 17.0. The summed E-state index contributed by atoms with van der Waals surface area (Å²) in [6, 6.07) is 9.16. The Kier molecular flexibility index (Phi) is 24.9. The number of hydrogen-bond acceptors (Lipinski definition) is 0. The quantitative estimate of drug-likeness (QED) is 0.0522. The lowest BCUT2D eigenvalue weighted by atomic mass is 10.1. The third-order valence-electron chi connectivity index (χ3n) is 10.9. The zero-order chi connectivity index (χ0) is 34.7. The summed E-state index contributed by atoms with van der Waals surface area (Å²) in [5.74, 6) is 0. The first-order valence-electron chi connectivity index (χ1n) is 20.7. The van der Waals surface area contributed by atoms with Gasteiger partial charge in [-0.05, 0) is 31.2 Å². The average Bonchev–Trinajstić information content (AvgIpc) is 3.03. The van der Waals surface area contributed by atoms with Gasteiger partial charge in [-0.25, -0.2) is 0 Å². The summed E-state index contributed by atoms with van der Waals surface area (Å²) >= 11 is 0. The molecule has 1 rings (SSSR count). The molecule has 0 radical (unpaired) electrons. The minimum absolute atomic E-state index is 1.13. The summed E-state index contributed by atoms with van der Waals surface area (Å²) in [6.45, 7) is 17.5. The zero-order valence-corrected chi connectivity index (χ0v) is 33.4. The first-order valence-corrected chi connectivity index (χ1v) is 20.7. The highest BCUT2D eigenvalue weighted by molar-refractivity contribution is 5.47. The molecule has 0 aliphatic carbocycles. The van der Waals surface area contributed by atoms with Gasteiger partial charge in [0.25, 0.3) is 0 Å². The second kappa shape index (κ2) is 26.7. The van der Waals surface area contributed by atoms with Crippen LogP contribution >= 0.6 is 0 Å². The minimum Gasteiger partial charge on any atom is -0.328 e. The fourth-order valence-corrected chi connectivity index (χ4v) is 7.51. The maximum Gasteiger partial charge on any atom is 0.104 e. The van der Waals surface area contributed by atoms with Crippen LogP contribution in [0.15, 0.2) is 30.8 Å². The molecule has 0 N–H and O–H groups in total. The predicted octanol–water partition coefficient (Wildman–Crippen LogP) is 12.1. The molecule has 0 fully saturated rings. The van der Waals surface area contributed by atoms with Crippen LogP contribution in [-0.2, 0) is 6.54 Å². The van der Waals surface area contributed by atoms with Crippen molar-refractivity contribution in [3.05, 3.63) is 42.0 Å². The Balaban J connectivity index is 2.47. The van der Waals surface area contributed by atoms with Crippen LogP contribution in [-0.4, -0.2) is 88.0 Å². The van der Waals surface area contributed by atoms with Crippen molar-refractivity contribution >= 4 is 6.08 Å². The largest absolute Gasteiger partial charge is 0.328 e. The topological polar surface area (TPSA) is 0 Å². The Morgan fingerprint density at radius 1 is 0.426 bits per heavy atom. The lowest BCUT2D eigenvalue weighted by Crippen LogP contribution is -2.49. The highest BCUT2D eigenvalue weighted by atomic mass is 15.4. The van der Waals surface area contributed by atoms with Crippen molar-refractivity contribution in [3.63, 3.8) is 0 Å². The smallest absolute Gasteiger partial charge is 0.104 e. The van der Waals surface area contributed by atoms with Crippen LogP contribution in [0.5, 0.6) is 0 Å². The molecule has 0 saturated carbocycles. The van der Waals surface area contributed by atoms with E-state index >= 15 is 0 Å². The van der Waals surface area contributed by atoms with Crippen molar-refractivity contribution in [2.24, 2.45) is 0 Å². The zero-order valence-electron chi connectivity index (χ0n) is 33.4. The number of unbranched alkanes of at least 4 members (excludes halogenated alkanes) is 18. The molecular weight excluding hydrogens is 571 g/mol. The van der Waals surface area contributed by atoms with Crippen molar-refractivity contribution in [1.29, 1.82) is 0 Å². The average molecular weight is 657 g/mol. The fourth-order valence-electron chi connectivity index (χ4n) is 7.51. The summed E-state index contributed by atoms with van der Waals surface area (Å²) in [7, 11) is 12.4. The Morgan fingerprint density at radius 3 is 1.09 bits per heavy atom. The van der Waals surface area contributed by atoms with E-state index in [9.17, 15) is 0 Å². The van der Waals surface area contributed by atoms with Crippen LogP contribution in [0.2, 0.25) is 0 Å². The molecule has 0 aliphatic rings. The van der Waals surface area contributed by atoms with E-state index in [-0.39, 0.29) is 0 Å². The SMILES string of the molecule is C=Cc1ccc(C[N+](C)(CCC[N+](C)(C)CCCCCCCCCCCC)CCC[N+](C)(C)CCCCCCCCCCCC)cc1. The molecule has 274 valence electrons. The number of benzene rings is 1. The highest BCUT2D eigenvalue weighted by Crippen LogP contribution is 2.19. The van der Waals surface area contributed by atoms with Gasteiger partial charge in [-0.2, -0.15) is 0 Å². The predicted molar refractivity (Wildman–Crippen MR) is 213 cm³/mol. The van der Waals surface area contributed by atoms with Crippen molar-refractivity contribution in [3.8, 4) is 0 Å². The molecule has 0 bridgehead atoms. The molecule has 3 heteroatoms. The monoisotopic (exact) mass is 657 g/mol. The molecule has 0 unspecified atom stereocenters. The van der Waals surface area contributed by atoms with E-state index in [1.807, 2.05) is 6.08 Å². The molecule has 0 spiro atoms. The van der Waals surface area contributed by atoms with Gasteiger partial charge >= 0.3 is 0 Å². The van der Waals surface area contributed by atoms with E-state index in [0.717, 1.165) is 11.0 Å². The standard InChI is InChI=1S/C44H86N3/c1-9-12-14-16-18-20-22-24-26-28-36-45(4,5)38-30-40-47(8,42-44-34-32-43(11-3)33-35-44)41-31-39-46(6,7)37-29-27-25-23-21-19-17-15-13-10-2/h11,32-35H,3,9-10,12-31,36-42H2,1-2,4-8H3/q+3. The van der Waals surface area contributed by atoms with Crippen molar-refractivity contribution in [1.82, 2.24) is 0 Å². The molecule has 1 aromatic rings. The van der Waals surface area contributed by atoms with Gasteiger partial charge in [0, 0.05) is 18.4 Å². The van der Waals surface area contributed by atoms with Crippen molar-refractivity contribution < 1.29 is 13.4 Å². The number of hydrogen-bond donors (Lipinski definition) is 0. The Labute approximate surface area is 297 Å². The van der Waals surface area contributed by atoms with E-state index < -0.39 is 0 Å². The highest BCUT2D eigenvalue weighted by Gasteiger charge is 2.26. The van der Waals surface area contributed by atoms with Crippen LogP contribution in [0.4, 0.5) is 0 Å². The third kappa shape index (κ3) is 24.6. The molecule has 3 nitrogen and oxygen atoms in total. The molecular formula is C44H86N3+3. The molecule has 0 saturated heterocycles. The Hall–Kier alpha value is -1.16. The van der Waals surface area contributed by atoms with Gasteiger partial charge in [-0.3, -0.25) is 0 Å². The maximum absolute atomic E-state index is 3.96. The molecule has 0 amide bonds. The number of rotatable bonds is 33. The number of quaternary nitrogens is 3. The van der Waals surface area contributed by atoms with Gasteiger partial charge in [-0.15, -0.1) is 0 Å². The normalized spacial score (nSPS) is 12.6. The molecule has 47 heavy (non-hydrogen) atoms. The summed E-state index contributed by atoms with van der Waals surface area (Å²) in [4.78, 5) is 0.